The molecule has 1 saturated carbocycles. The van der Waals surface area contributed by atoms with E-state index < -0.39 is 5.97 Å². The molecule has 0 aliphatic heterocycles. The van der Waals surface area contributed by atoms with E-state index in [-0.39, 0.29) is 11.8 Å². The van der Waals surface area contributed by atoms with Crippen LogP contribution < -0.4 is 0 Å². The summed E-state index contributed by atoms with van der Waals surface area (Å²) in [5.74, 6) is 1.59. The van der Waals surface area contributed by atoms with Crippen molar-refractivity contribution in [3.63, 3.8) is 0 Å². The maximum absolute atomic E-state index is 10.8. The normalized spacial score (nSPS) is 15.8. The molecule has 0 radical (unpaired) electrons. The van der Waals surface area contributed by atoms with Crippen LogP contribution in [0.2, 0.25) is 0 Å². The average Bonchev–Trinajstić information content (AvgIpc) is 3.05. The first kappa shape index (κ1) is 14.2. The van der Waals surface area contributed by atoms with Gasteiger partial charge in [0.25, 0.3) is 0 Å². The molecular formula is C16H17NO3S. The number of aromatic nitrogens is 1. The predicted octanol–water partition coefficient (Wildman–Crippen LogP) is 3.83. The van der Waals surface area contributed by atoms with Crippen LogP contribution in [-0.4, -0.2) is 21.8 Å². The van der Waals surface area contributed by atoms with Gasteiger partial charge in [-0.1, -0.05) is 18.2 Å². The molecule has 3 rings (SSSR count). The van der Waals surface area contributed by atoms with Gasteiger partial charge in [-0.05, 0) is 36.1 Å². The first-order valence-electron chi connectivity index (χ1n) is 6.96. The highest BCUT2D eigenvalue weighted by molar-refractivity contribution is 7.98. The summed E-state index contributed by atoms with van der Waals surface area (Å²) >= 11 is 1.74. The van der Waals surface area contributed by atoms with Gasteiger partial charge in [0.1, 0.15) is 6.26 Å². The lowest BCUT2D eigenvalue weighted by molar-refractivity contribution is -0.138. The smallest absolute Gasteiger partial charge is 0.303 e. The lowest BCUT2D eigenvalue weighted by atomic mass is 10.1. The number of hydrogen-bond acceptors (Lipinski definition) is 4. The van der Waals surface area contributed by atoms with Gasteiger partial charge in [-0.3, -0.25) is 4.79 Å². The van der Waals surface area contributed by atoms with E-state index >= 15 is 0 Å². The van der Waals surface area contributed by atoms with Crippen molar-refractivity contribution in [2.24, 2.45) is 5.41 Å². The van der Waals surface area contributed by atoms with Crippen molar-refractivity contribution in [2.75, 3.05) is 5.75 Å². The summed E-state index contributed by atoms with van der Waals surface area (Å²) in [7, 11) is 0. The number of carboxylic acid groups (broad SMARTS) is 1. The first-order valence-corrected chi connectivity index (χ1v) is 8.12. The Morgan fingerprint density at radius 2 is 2.10 bits per heavy atom. The highest BCUT2D eigenvalue weighted by atomic mass is 32.2. The van der Waals surface area contributed by atoms with Gasteiger partial charge < -0.3 is 9.52 Å². The maximum atomic E-state index is 10.8. The number of aliphatic carboxylic acids is 1. The van der Waals surface area contributed by atoms with Crippen LogP contribution in [-0.2, 0) is 10.5 Å². The number of hydrogen-bond donors (Lipinski definition) is 1. The molecule has 1 fully saturated rings. The largest absolute Gasteiger partial charge is 0.481 e. The molecule has 4 nitrogen and oxygen atoms in total. The Bertz CT molecular complexity index is 619. The fourth-order valence-corrected chi connectivity index (χ4v) is 3.60. The zero-order valence-corrected chi connectivity index (χ0v) is 12.4. The molecule has 110 valence electrons. The van der Waals surface area contributed by atoms with Crippen molar-refractivity contribution < 1.29 is 14.3 Å². The summed E-state index contributed by atoms with van der Waals surface area (Å²) < 4.78 is 5.49. The van der Waals surface area contributed by atoms with Crippen molar-refractivity contribution in [3.8, 4) is 11.5 Å². The van der Waals surface area contributed by atoms with E-state index in [0.717, 1.165) is 35.6 Å². The van der Waals surface area contributed by atoms with Gasteiger partial charge in [-0.2, -0.15) is 11.8 Å². The molecule has 0 spiro atoms. The van der Waals surface area contributed by atoms with Crippen LogP contribution in [0.1, 0.15) is 25.0 Å². The van der Waals surface area contributed by atoms with E-state index in [0.29, 0.717) is 5.89 Å². The first-order chi connectivity index (χ1) is 10.2. The number of thioether (sulfide) groups is 1. The Labute approximate surface area is 127 Å². The van der Waals surface area contributed by atoms with Crippen molar-refractivity contribution >= 4 is 17.7 Å². The van der Waals surface area contributed by atoms with Gasteiger partial charge in [0, 0.05) is 11.3 Å². The lowest BCUT2D eigenvalue weighted by Gasteiger charge is -2.10. The quantitative estimate of drug-likeness (QED) is 0.842. The molecule has 5 heteroatoms. The lowest BCUT2D eigenvalue weighted by Crippen LogP contribution is -2.11. The van der Waals surface area contributed by atoms with Crippen LogP contribution >= 0.6 is 11.8 Å². The van der Waals surface area contributed by atoms with E-state index in [1.165, 1.54) is 0 Å². The number of carboxylic acids is 1. The third-order valence-electron chi connectivity index (χ3n) is 3.71. The third-order valence-corrected chi connectivity index (χ3v) is 5.03. The summed E-state index contributed by atoms with van der Waals surface area (Å²) in [6.45, 7) is 0. The minimum Gasteiger partial charge on any atom is -0.481 e. The summed E-state index contributed by atoms with van der Waals surface area (Å²) in [4.78, 5) is 15.3. The van der Waals surface area contributed by atoms with Gasteiger partial charge in [0.2, 0.25) is 5.89 Å². The molecule has 0 amide bonds. The molecule has 1 heterocycles. The monoisotopic (exact) mass is 303 g/mol. The minimum absolute atomic E-state index is 0.0303. The predicted molar refractivity (Wildman–Crippen MR) is 82.0 cm³/mol. The number of oxazole rings is 1. The third kappa shape index (κ3) is 3.67. The molecule has 0 atom stereocenters. The standard InChI is InChI=1S/C16H17NO3S/c18-14(19)8-16(6-7-16)11-21-10-13-9-20-15(17-13)12-4-2-1-3-5-12/h1-5,9H,6-8,10-11H2,(H,18,19). The molecule has 2 aromatic rings. The van der Waals surface area contributed by atoms with E-state index in [1.54, 1.807) is 18.0 Å². The van der Waals surface area contributed by atoms with E-state index in [9.17, 15) is 4.79 Å². The summed E-state index contributed by atoms with van der Waals surface area (Å²) in [6.07, 6.45) is 4.03. The van der Waals surface area contributed by atoms with Crippen LogP contribution in [0, 0.1) is 5.41 Å². The minimum atomic E-state index is -0.694. The molecule has 21 heavy (non-hydrogen) atoms. The Morgan fingerprint density at radius 1 is 1.33 bits per heavy atom. The number of benzene rings is 1. The summed E-state index contributed by atoms with van der Waals surface area (Å²) in [5, 5.41) is 8.90. The van der Waals surface area contributed by atoms with Crippen LogP contribution in [0.3, 0.4) is 0 Å². The SMILES string of the molecule is O=C(O)CC1(CSCc2coc(-c3ccccc3)n2)CC1. The van der Waals surface area contributed by atoms with Crippen LogP contribution in [0.5, 0.6) is 0 Å². The molecule has 0 unspecified atom stereocenters. The van der Waals surface area contributed by atoms with Crippen molar-refractivity contribution in [1.29, 1.82) is 0 Å². The van der Waals surface area contributed by atoms with Crippen LogP contribution in [0.15, 0.2) is 41.0 Å². The fraction of sp³-hybridized carbons (Fsp3) is 0.375. The highest BCUT2D eigenvalue weighted by Gasteiger charge is 2.44. The second-order valence-corrected chi connectivity index (χ2v) is 6.56. The Balaban J connectivity index is 1.53. The van der Waals surface area contributed by atoms with Crippen LogP contribution in [0.25, 0.3) is 11.5 Å². The van der Waals surface area contributed by atoms with Crippen molar-refractivity contribution in [2.45, 2.75) is 25.0 Å². The molecule has 0 bridgehead atoms. The molecule has 1 aromatic heterocycles. The zero-order chi connectivity index (χ0) is 14.7. The Hall–Kier alpha value is -1.75. The number of rotatable bonds is 7. The molecule has 1 aliphatic rings. The number of nitrogens with zero attached hydrogens (tertiary/aromatic N) is 1. The van der Waals surface area contributed by atoms with E-state index in [4.69, 9.17) is 9.52 Å². The van der Waals surface area contributed by atoms with Gasteiger partial charge in [0.05, 0.1) is 12.1 Å². The Kier molecular flexibility index (Phi) is 4.01. The average molecular weight is 303 g/mol. The molecule has 1 aromatic carbocycles. The Morgan fingerprint density at radius 3 is 2.76 bits per heavy atom. The topological polar surface area (TPSA) is 63.3 Å². The second-order valence-electron chi connectivity index (χ2n) is 5.57. The molecule has 1 N–H and O–H groups in total. The number of carbonyl (C=O) groups is 1. The van der Waals surface area contributed by atoms with E-state index in [1.807, 2.05) is 30.3 Å². The van der Waals surface area contributed by atoms with Gasteiger partial charge in [0.15, 0.2) is 0 Å². The second kappa shape index (κ2) is 5.93. The van der Waals surface area contributed by atoms with Gasteiger partial charge in [-0.15, -0.1) is 0 Å². The van der Waals surface area contributed by atoms with Gasteiger partial charge in [-0.25, -0.2) is 4.98 Å². The molecule has 1 aliphatic carbocycles. The summed E-state index contributed by atoms with van der Waals surface area (Å²) in [5.41, 5.74) is 1.91. The fourth-order valence-electron chi connectivity index (χ4n) is 2.33. The van der Waals surface area contributed by atoms with E-state index in [2.05, 4.69) is 4.98 Å². The molecular weight excluding hydrogens is 286 g/mol. The van der Waals surface area contributed by atoms with Crippen molar-refractivity contribution in [3.05, 3.63) is 42.3 Å². The van der Waals surface area contributed by atoms with Crippen molar-refractivity contribution in [1.82, 2.24) is 4.98 Å². The zero-order valence-electron chi connectivity index (χ0n) is 11.6. The highest BCUT2D eigenvalue weighted by Crippen LogP contribution is 2.51. The molecule has 0 saturated heterocycles. The maximum Gasteiger partial charge on any atom is 0.303 e. The van der Waals surface area contributed by atoms with Gasteiger partial charge >= 0.3 is 5.97 Å². The summed E-state index contributed by atoms with van der Waals surface area (Å²) in [6, 6.07) is 9.80. The van der Waals surface area contributed by atoms with Crippen LogP contribution in [0.4, 0.5) is 0 Å².